The number of carbonyl (C=O) groups excluding carboxylic acids is 1. The first-order valence-corrected chi connectivity index (χ1v) is 4.08. The van der Waals surface area contributed by atoms with E-state index < -0.39 is 5.24 Å². The zero-order valence-electron chi connectivity index (χ0n) is 7.42. The Balaban J connectivity index is 3.42. The van der Waals surface area contributed by atoms with E-state index in [4.69, 9.17) is 16.3 Å². The fourth-order valence-corrected chi connectivity index (χ4v) is 0.753. The van der Waals surface area contributed by atoms with Gasteiger partial charge in [-0.1, -0.05) is 6.08 Å². The molecule has 0 aliphatic rings. The van der Waals surface area contributed by atoms with Gasteiger partial charge in [0.15, 0.2) is 0 Å². The normalized spacial score (nSPS) is 11.3. The molecule has 3 nitrogen and oxygen atoms in total. The van der Waals surface area contributed by atoms with Crippen LogP contribution in [0.1, 0.15) is 0 Å². The zero-order chi connectivity index (χ0) is 9.40. The number of hydrogen-bond acceptors (Lipinski definition) is 3. The average molecular weight is 192 g/mol. The second kappa shape index (κ2) is 7.28. The number of methoxy groups -OCH3 is 1. The molecule has 0 aliphatic carbocycles. The third-order valence-corrected chi connectivity index (χ3v) is 1.47. The molecule has 0 heterocycles. The maximum atomic E-state index is 10.3. The summed E-state index contributed by atoms with van der Waals surface area (Å²) in [6, 6.07) is 0. The van der Waals surface area contributed by atoms with Gasteiger partial charge < -0.3 is 9.64 Å². The van der Waals surface area contributed by atoms with E-state index in [-0.39, 0.29) is 0 Å². The van der Waals surface area contributed by atoms with E-state index in [9.17, 15) is 4.79 Å². The highest BCUT2D eigenvalue weighted by molar-refractivity contribution is 6.66. The van der Waals surface area contributed by atoms with E-state index in [0.717, 1.165) is 6.54 Å². The van der Waals surface area contributed by atoms with Crippen LogP contribution in [0.5, 0.6) is 0 Å². The standard InChI is InChI=1S/C8H14ClNO2/c1-10(6-7-12-2)5-3-4-8(9)11/h3-4H,5-7H2,1-2H3. The lowest BCUT2D eigenvalue weighted by molar-refractivity contribution is -0.107. The lowest BCUT2D eigenvalue weighted by Gasteiger charge is -2.12. The van der Waals surface area contributed by atoms with Crippen molar-refractivity contribution in [2.24, 2.45) is 0 Å². The van der Waals surface area contributed by atoms with E-state index in [1.54, 1.807) is 13.2 Å². The van der Waals surface area contributed by atoms with Crippen LogP contribution >= 0.6 is 11.6 Å². The molecule has 0 radical (unpaired) electrons. The van der Waals surface area contributed by atoms with Crippen molar-refractivity contribution in [2.75, 3.05) is 33.9 Å². The summed E-state index contributed by atoms with van der Waals surface area (Å²) in [6.07, 6.45) is 3.08. The van der Waals surface area contributed by atoms with E-state index in [1.165, 1.54) is 6.08 Å². The molecular weight excluding hydrogens is 178 g/mol. The maximum Gasteiger partial charge on any atom is 0.244 e. The molecular formula is C8H14ClNO2. The predicted molar refractivity (Wildman–Crippen MR) is 49.4 cm³/mol. The summed E-state index contributed by atoms with van der Waals surface area (Å²) in [5.74, 6) is 0. The fraction of sp³-hybridized carbons (Fsp3) is 0.625. The largest absolute Gasteiger partial charge is 0.383 e. The number of allylic oxidation sites excluding steroid dienone is 1. The van der Waals surface area contributed by atoms with Crippen molar-refractivity contribution in [3.05, 3.63) is 12.2 Å². The van der Waals surface area contributed by atoms with E-state index in [0.29, 0.717) is 13.2 Å². The predicted octanol–water partition coefficient (Wildman–Crippen LogP) is 0.886. The molecule has 4 heteroatoms. The molecule has 0 bridgehead atoms. The van der Waals surface area contributed by atoms with Crippen molar-refractivity contribution < 1.29 is 9.53 Å². The van der Waals surface area contributed by atoms with Gasteiger partial charge in [0, 0.05) is 20.2 Å². The Hall–Kier alpha value is -0.380. The Morgan fingerprint density at radius 2 is 2.33 bits per heavy atom. The molecule has 0 fully saturated rings. The summed E-state index contributed by atoms with van der Waals surface area (Å²) in [4.78, 5) is 12.3. The lowest BCUT2D eigenvalue weighted by atomic mass is 10.4. The van der Waals surface area contributed by atoms with Crippen molar-refractivity contribution in [1.29, 1.82) is 0 Å². The van der Waals surface area contributed by atoms with Crippen molar-refractivity contribution in [3.8, 4) is 0 Å². The van der Waals surface area contributed by atoms with Crippen molar-refractivity contribution in [2.45, 2.75) is 0 Å². The highest BCUT2D eigenvalue weighted by Gasteiger charge is 1.93. The van der Waals surface area contributed by atoms with Gasteiger partial charge in [0.1, 0.15) is 0 Å². The van der Waals surface area contributed by atoms with Gasteiger partial charge in [-0.15, -0.1) is 0 Å². The van der Waals surface area contributed by atoms with Crippen LogP contribution in [0.25, 0.3) is 0 Å². The molecule has 0 aliphatic heterocycles. The number of ether oxygens (including phenoxy) is 1. The first-order valence-electron chi connectivity index (χ1n) is 3.70. The van der Waals surface area contributed by atoms with Crippen molar-refractivity contribution in [3.63, 3.8) is 0 Å². The van der Waals surface area contributed by atoms with Crippen LogP contribution in [-0.4, -0.2) is 44.0 Å². The van der Waals surface area contributed by atoms with Crippen LogP contribution < -0.4 is 0 Å². The molecule has 0 saturated heterocycles. The van der Waals surface area contributed by atoms with Crippen LogP contribution in [-0.2, 0) is 9.53 Å². The number of rotatable bonds is 6. The summed E-state index contributed by atoms with van der Waals surface area (Å²) in [5, 5.41) is -0.435. The molecule has 0 aromatic rings. The molecule has 70 valence electrons. The minimum Gasteiger partial charge on any atom is -0.383 e. The van der Waals surface area contributed by atoms with Gasteiger partial charge in [-0.25, -0.2) is 0 Å². The van der Waals surface area contributed by atoms with Crippen LogP contribution in [0.3, 0.4) is 0 Å². The Morgan fingerprint density at radius 1 is 1.67 bits per heavy atom. The van der Waals surface area contributed by atoms with Gasteiger partial charge in [0.2, 0.25) is 5.24 Å². The van der Waals surface area contributed by atoms with Gasteiger partial charge in [0.25, 0.3) is 0 Å². The summed E-state index contributed by atoms with van der Waals surface area (Å²) < 4.78 is 4.88. The molecule has 0 N–H and O–H groups in total. The lowest BCUT2D eigenvalue weighted by Crippen LogP contribution is -2.22. The molecule has 0 spiro atoms. The second-order valence-electron chi connectivity index (χ2n) is 2.46. The fourth-order valence-electron chi connectivity index (χ4n) is 0.664. The summed E-state index contributed by atoms with van der Waals surface area (Å²) in [6.45, 7) is 2.25. The van der Waals surface area contributed by atoms with Crippen molar-refractivity contribution >= 4 is 16.8 Å². The maximum absolute atomic E-state index is 10.3. The van der Waals surface area contributed by atoms with E-state index >= 15 is 0 Å². The smallest absolute Gasteiger partial charge is 0.244 e. The molecule has 0 rings (SSSR count). The highest BCUT2D eigenvalue weighted by atomic mass is 35.5. The summed E-state index contributed by atoms with van der Waals surface area (Å²) in [5.41, 5.74) is 0. The monoisotopic (exact) mass is 191 g/mol. The van der Waals surface area contributed by atoms with Crippen LogP contribution in [0.4, 0.5) is 0 Å². The molecule has 0 atom stereocenters. The number of hydrogen-bond donors (Lipinski definition) is 0. The third-order valence-electron chi connectivity index (χ3n) is 1.34. The number of likely N-dealkylation sites (N-methyl/N-ethyl adjacent to an activating group) is 1. The Morgan fingerprint density at radius 3 is 2.83 bits per heavy atom. The van der Waals surface area contributed by atoms with Crippen LogP contribution in [0.15, 0.2) is 12.2 Å². The third kappa shape index (κ3) is 7.72. The number of halogens is 1. The van der Waals surface area contributed by atoms with Gasteiger partial charge in [-0.05, 0) is 24.7 Å². The first-order chi connectivity index (χ1) is 5.66. The first kappa shape index (κ1) is 11.6. The second-order valence-corrected chi connectivity index (χ2v) is 2.83. The van der Waals surface area contributed by atoms with Crippen LogP contribution in [0, 0.1) is 0 Å². The minimum absolute atomic E-state index is 0.435. The van der Waals surface area contributed by atoms with Gasteiger partial charge in [-0.2, -0.15) is 0 Å². The SMILES string of the molecule is COCCN(C)CC=CC(=O)Cl. The quantitative estimate of drug-likeness (QED) is 0.461. The van der Waals surface area contributed by atoms with Crippen LogP contribution in [0.2, 0.25) is 0 Å². The Bertz CT molecular complexity index is 159. The molecule has 0 unspecified atom stereocenters. The van der Waals surface area contributed by atoms with Gasteiger partial charge in [0.05, 0.1) is 6.61 Å². The topological polar surface area (TPSA) is 29.5 Å². The summed E-state index contributed by atoms with van der Waals surface area (Å²) in [7, 11) is 3.61. The molecule has 12 heavy (non-hydrogen) atoms. The molecule has 0 aromatic heterocycles. The number of carbonyl (C=O) groups is 1. The molecule has 0 amide bonds. The Kier molecular flexibility index (Phi) is 7.05. The number of nitrogens with zero attached hydrogens (tertiary/aromatic N) is 1. The Labute approximate surface area is 77.9 Å². The minimum atomic E-state index is -0.435. The van der Waals surface area contributed by atoms with Crippen molar-refractivity contribution in [1.82, 2.24) is 4.90 Å². The highest BCUT2D eigenvalue weighted by Crippen LogP contribution is 1.86. The van der Waals surface area contributed by atoms with Gasteiger partial charge >= 0.3 is 0 Å². The van der Waals surface area contributed by atoms with E-state index in [2.05, 4.69) is 0 Å². The summed E-state index contributed by atoms with van der Waals surface area (Å²) >= 11 is 5.10. The zero-order valence-corrected chi connectivity index (χ0v) is 8.17. The average Bonchev–Trinajstić information content (AvgIpc) is 2.00. The molecule has 0 aromatic carbocycles. The molecule has 0 saturated carbocycles. The van der Waals surface area contributed by atoms with Gasteiger partial charge in [-0.3, -0.25) is 4.79 Å². The van der Waals surface area contributed by atoms with E-state index in [1.807, 2.05) is 11.9 Å².